The number of aliphatic hydroxyl groups is 1. The number of ketones is 1. The Hall–Kier alpha value is -0.630. The summed E-state index contributed by atoms with van der Waals surface area (Å²) in [5, 5.41) is 10.4. The van der Waals surface area contributed by atoms with Crippen LogP contribution in [-0.2, 0) is 4.79 Å². The monoisotopic (exact) mass is 288 g/mol. The number of allylic oxidation sites excluding steroid dienone is 1. The van der Waals surface area contributed by atoms with Gasteiger partial charge in [0, 0.05) is 6.42 Å². The Bertz CT molecular complexity index is 506. The quantitative estimate of drug-likeness (QED) is 0.734. The van der Waals surface area contributed by atoms with Crippen molar-refractivity contribution in [1.29, 1.82) is 0 Å². The van der Waals surface area contributed by atoms with E-state index in [9.17, 15) is 9.90 Å². The zero-order valence-corrected chi connectivity index (χ0v) is 13.4. The maximum atomic E-state index is 12.0. The molecule has 4 aliphatic carbocycles. The summed E-state index contributed by atoms with van der Waals surface area (Å²) in [5.74, 6) is 3.40. The molecule has 0 aromatic heterocycles. The number of aliphatic hydroxyl groups excluding tert-OH is 1. The molecule has 2 nitrogen and oxygen atoms in total. The first-order valence-corrected chi connectivity index (χ1v) is 8.93. The molecule has 0 aromatic rings. The third-order valence-corrected chi connectivity index (χ3v) is 7.74. The molecular weight excluding hydrogens is 260 g/mol. The van der Waals surface area contributed by atoms with Gasteiger partial charge < -0.3 is 5.11 Å². The molecule has 116 valence electrons. The lowest BCUT2D eigenvalue weighted by Gasteiger charge is -2.53. The Labute approximate surface area is 128 Å². The first kappa shape index (κ1) is 14.0. The Morgan fingerprint density at radius 1 is 1.05 bits per heavy atom. The summed E-state index contributed by atoms with van der Waals surface area (Å²) in [6.07, 6.45) is 8.89. The predicted octanol–water partition coefficient (Wildman–Crippen LogP) is 3.88. The summed E-state index contributed by atoms with van der Waals surface area (Å²) in [7, 11) is 0. The molecule has 0 bridgehead atoms. The first-order chi connectivity index (χ1) is 10.0. The molecule has 1 N–H and O–H groups in total. The number of hydrogen-bond acceptors (Lipinski definition) is 2. The van der Waals surface area contributed by atoms with Crippen LogP contribution < -0.4 is 0 Å². The summed E-state index contributed by atoms with van der Waals surface area (Å²) in [4.78, 5) is 12.0. The van der Waals surface area contributed by atoms with Gasteiger partial charge in [-0.1, -0.05) is 12.5 Å². The van der Waals surface area contributed by atoms with Gasteiger partial charge in [-0.15, -0.1) is 0 Å². The minimum Gasteiger partial charge on any atom is -0.393 e. The molecule has 2 heteroatoms. The van der Waals surface area contributed by atoms with Crippen LogP contribution in [0.2, 0.25) is 0 Å². The van der Waals surface area contributed by atoms with Crippen molar-refractivity contribution in [2.45, 2.75) is 71.3 Å². The predicted molar refractivity (Wildman–Crippen MR) is 82.7 cm³/mol. The molecule has 0 heterocycles. The summed E-state index contributed by atoms with van der Waals surface area (Å²) in [6, 6.07) is 0. The van der Waals surface area contributed by atoms with Gasteiger partial charge in [0.2, 0.25) is 0 Å². The number of rotatable bonds is 0. The maximum absolute atomic E-state index is 12.0. The van der Waals surface area contributed by atoms with Crippen LogP contribution in [0.15, 0.2) is 11.1 Å². The molecule has 0 unspecified atom stereocenters. The van der Waals surface area contributed by atoms with E-state index in [-0.39, 0.29) is 11.5 Å². The van der Waals surface area contributed by atoms with Gasteiger partial charge in [0.05, 0.1) is 6.10 Å². The lowest BCUT2D eigenvalue weighted by molar-refractivity contribution is -0.117. The molecule has 4 aliphatic rings. The van der Waals surface area contributed by atoms with Gasteiger partial charge in [-0.05, 0) is 86.5 Å². The van der Waals surface area contributed by atoms with Gasteiger partial charge in [-0.3, -0.25) is 4.79 Å². The van der Waals surface area contributed by atoms with Gasteiger partial charge in [0.25, 0.3) is 0 Å². The van der Waals surface area contributed by atoms with Gasteiger partial charge in [-0.2, -0.15) is 0 Å². The number of hydrogen-bond donors (Lipinski definition) is 1. The Kier molecular flexibility index (Phi) is 3.12. The van der Waals surface area contributed by atoms with Crippen LogP contribution in [0, 0.1) is 29.1 Å². The van der Waals surface area contributed by atoms with Crippen molar-refractivity contribution in [2.24, 2.45) is 29.1 Å². The zero-order chi connectivity index (χ0) is 14.8. The van der Waals surface area contributed by atoms with Crippen molar-refractivity contribution in [3.05, 3.63) is 11.1 Å². The fourth-order valence-electron chi connectivity index (χ4n) is 6.48. The summed E-state index contributed by atoms with van der Waals surface area (Å²) in [6.45, 7) is 4.41. The fraction of sp³-hybridized carbons (Fsp3) is 0.842. The molecule has 21 heavy (non-hydrogen) atoms. The first-order valence-electron chi connectivity index (χ1n) is 8.93. The average Bonchev–Trinajstić information content (AvgIpc) is 2.78. The number of fused-ring (bicyclic) bond motifs is 5. The largest absolute Gasteiger partial charge is 0.393 e. The van der Waals surface area contributed by atoms with Crippen molar-refractivity contribution in [2.75, 3.05) is 0 Å². The third-order valence-electron chi connectivity index (χ3n) is 7.74. The molecule has 3 fully saturated rings. The lowest BCUT2D eigenvalue weighted by Crippen LogP contribution is -2.47. The van der Waals surface area contributed by atoms with Crippen LogP contribution in [-0.4, -0.2) is 17.0 Å². The molecule has 4 rings (SSSR count). The Morgan fingerprint density at radius 2 is 1.86 bits per heavy atom. The van der Waals surface area contributed by atoms with Gasteiger partial charge >= 0.3 is 0 Å². The van der Waals surface area contributed by atoms with Crippen molar-refractivity contribution < 1.29 is 9.90 Å². The lowest BCUT2D eigenvalue weighted by atomic mass is 9.52. The molecule has 0 radical (unpaired) electrons. The molecule has 3 saturated carbocycles. The van der Waals surface area contributed by atoms with E-state index >= 15 is 0 Å². The highest BCUT2D eigenvalue weighted by molar-refractivity contribution is 5.96. The zero-order valence-electron chi connectivity index (χ0n) is 13.4. The average molecular weight is 288 g/mol. The summed E-state index contributed by atoms with van der Waals surface area (Å²) in [5.41, 5.74) is 2.79. The maximum Gasteiger partial charge on any atom is 0.158 e. The van der Waals surface area contributed by atoms with Crippen molar-refractivity contribution in [3.63, 3.8) is 0 Å². The fourth-order valence-corrected chi connectivity index (χ4v) is 6.48. The molecule has 0 saturated heterocycles. The van der Waals surface area contributed by atoms with Crippen molar-refractivity contribution in [3.8, 4) is 0 Å². The summed E-state index contributed by atoms with van der Waals surface area (Å²) < 4.78 is 0. The van der Waals surface area contributed by atoms with Crippen LogP contribution in [0.3, 0.4) is 0 Å². The van der Waals surface area contributed by atoms with E-state index in [1.165, 1.54) is 31.3 Å². The van der Waals surface area contributed by atoms with Crippen LogP contribution in [0.1, 0.15) is 65.2 Å². The number of carbonyl (C=O) groups excluding carboxylic acids is 1. The third kappa shape index (κ3) is 1.84. The molecule has 0 amide bonds. The number of carbonyl (C=O) groups is 1. The van der Waals surface area contributed by atoms with Crippen LogP contribution in [0.4, 0.5) is 0 Å². The second kappa shape index (κ2) is 4.68. The standard InChI is InChI=1S/C19H28O2/c1-11-12-3-4-15-14(13(12)5-7-17(11)20)9-10-19(2)16(15)6-8-18(19)21/h13-16,18,21H,3-10H2,1-2H3/t13-,14+,15+,16-,18-,19-/m0/s1. The second-order valence-corrected chi connectivity index (χ2v) is 8.33. The summed E-state index contributed by atoms with van der Waals surface area (Å²) >= 11 is 0. The van der Waals surface area contributed by atoms with E-state index < -0.39 is 0 Å². The Morgan fingerprint density at radius 3 is 2.67 bits per heavy atom. The minimum atomic E-state index is -0.0740. The van der Waals surface area contributed by atoms with Crippen LogP contribution >= 0.6 is 0 Å². The van der Waals surface area contributed by atoms with E-state index in [0.29, 0.717) is 11.7 Å². The van der Waals surface area contributed by atoms with E-state index in [1.54, 1.807) is 0 Å². The van der Waals surface area contributed by atoms with E-state index in [1.807, 2.05) is 0 Å². The van der Waals surface area contributed by atoms with Crippen LogP contribution in [0.5, 0.6) is 0 Å². The molecule has 0 aliphatic heterocycles. The minimum absolute atomic E-state index is 0.0740. The van der Waals surface area contributed by atoms with E-state index in [0.717, 1.165) is 49.0 Å². The van der Waals surface area contributed by atoms with Crippen molar-refractivity contribution >= 4 is 5.78 Å². The topological polar surface area (TPSA) is 37.3 Å². The highest BCUT2D eigenvalue weighted by Gasteiger charge is 2.56. The van der Waals surface area contributed by atoms with E-state index in [2.05, 4.69) is 13.8 Å². The van der Waals surface area contributed by atoms with Crippen LogP contribution in [0.25, 0.3) is 0 Å². The van der Waals surface area contributed by atoms with Gasteiger partial charge in [-0.25, -0.2) is 0 Å². The Balaban J connectivity index is 1.66. The normalized spacial score (nSPS) is 49.7. The molecule has 0 aromatic carbocycles. The second-order valence-electron chi connectivity index (χ2n) is 8.33. The van der Waals surface area contributed by atoms with E-state index in [4.69, 9.17) is 0 Å². The molecule has 6 atom stereocenters. The van der Waals surface area contributed by atoms with Crippen molar-refractivity contribution in [1.82, 2.24) is 0 Å². The molecule has 0 spiro atoms. The van der Waals surface area contributed by atoms with Gasteiger partial charge in [0.1, 0.15) is 0 Å². The smallest absolute Gasteiger partial charge is 0.158 e. The highest BCUT2D eigenvalue weighted by atomic mass is 16.3. The number of Topliss-reactive ketones (excluding diaryl/α,β-unsaturated/α-hetero) is 1. The molecular formula is C19H28O2. The van der Waals surface area contributed by atoms with Gasteiger partial charge in [0.15, 0.2) is 5.78 Å². The highest BCUT2D eigenvalue weighted by Crippen LogP contribution is 2.62. The SMILES string of the molecule is CC1=C2CC[C@@H]3[C@H](CC[C@]4(C)[C@@H](O)CC[C@@H]34)[C@H]2CCC1=O.